The van der Waals surface area contributed by atoms with Gasteiger partial charge >= 0.3 is 0 Å². The van der Waals surface area contributed by atoms with Crippen LogP contribution >= 0.6 is 12.4 Å². The highest BCUT2D eigenvalue weighted by atomic mass is 35.5. The van der Waals surface area contributed by atoms with Crippen LogP contribution in [0.25, 0.3) is 0 Å². The first-order chi connectivity index (χ1) is 9.75. The molecule has 6 heteroatoms. The molecule has 21 heavy (non-hydrogen) atoms. The molecule has 1 fully saturated rings. The molecule has 0 bridgehead atoms. The average Bonchev–Trinajstić information content (AvgIpc) is 2.94. The monoisotopic (exact) mass is 316 g/mol. The van der Waals surface area contributed by atoms with Gasteiger partial charge in [-0.2, -0.15) is 0 Å². The van der Waals surface area contributed by atoms with Crippen LogP contribution < -0.4 is 15.4 Å². The zero-order chi connectivity index (χ0) is 14.2. The van der Waals surface area contributed by atoms with E-state index >= 15 is 0 Å². The highest BCUT2D eigenvalue weighted by molar-refractivity contribution is 5.85. The standard InChI is InChI=1S/C15H21FN2O2.ClH/c16-13-3-1-2-4-14(13)20-10-7-15(19)18-9-6-12-5-8-17-11-12;/h1-4,12,17H,5-11H2,(H,18,19);1H. The van der Waals surface area contributed by atoms with Crippen LogP contribution in [0.4, 0.5) is 4.39 Å². The molecule has 1 aliphatic heterocycles. The molecule has 0 aliphatic carbocycles. The van der Waals surface area contributed by atoms with Gasteiger partial charge < -0.3 is 15.4 Å². The van der Waals surface area contributed by atoms with E-state index < -0.39 is 5.82 Å². The number of amides is 1. The first-order valence-corrected chi connectivity index (χ1v) is 7.10. The van der Waals surface area contributed by atoms with E-state index in [0.717, 1.165) is 19.5 Å². The van der Waals surface area contributed by atoms with Crippen molar-refractivity contribution >= 4 is 18.3 Å². The first kappa shape index (κ1) is 17.7. The second kappa shape index (κ2) is 9.58. The molecule has 1 heterocycles. The molecule has 1 aliphatic rings. The summed E-state index contributed by atoms with van der Waals surface area (Å²) < 4.78 is 18.5. The number of rotatable bonds is 7. The van der Waals surface area contributed by atoms with Crippen molar-refractivity contribution in [1.29, 1.82) is 0 Å². The van der Waals surface area contributed by atoms with Gasteiger partial charge in [-0.05, 0) is 44.0 Å². The Morgan fingerprint density at radius 2 is 2.24 bits per heavy atom. The maximum Gasteiger partial charge on any atom is 0.223 e. The summed E-state index contributed by atoms with van der Waals surface area (Å²) in [5.74, 6) is 0.413. The maximum absolute atomic E-state index is 13.3. The smallest absolute Gasteiger partial charge is 0.223 e. The lowest BCUT2D eigenvalue weighted by Crippen LogP contribution is -2.27. The molecule has 0 saturated carbocycles. The van der Waals surface area contributed by atoms with Crippen molar-refractivity contribution in [3.63, 3.8) is 0 Å². The van der Waals surface area contributed by atoms with Gasteiger partial charge in [-0.15, -0.1) is 12.4 Å². The summed E-state index contributed by atoms with van der Waals surface area (Å²) in [6.07, 6.45) is 2.44. The second-order valence-electron chi connectivity index (χ2n) is 5.03. The van der Waals surface area contributed by atoms with Crippen LogP contribution in [0.1, 0.15) is 19.3 Å². The SMILES string of the molecule is Cl.O=C(CCOc1ccccc1F)NCCC1CCNC1. The van der Waals surface area contributed by atoms with Gasteiger partial charge in [0, 0.05) is 6.54 Å². The molecule has 2 N–H and O–H groups in total. The summed E-state index contributed by atoms with van der Waals surface area (Å²) in [7, 11) is 0. The summed E-state index contributed by atoms with van der Waals surface area (Å²) in [5, 5.41) is 6.17. The lowest BCUT2D eigenvalue weighted by molar-refractivity contribution is -0.121. The molecule has 2 rings (SSSR count). The average molecular weight is 317 g/mol. The Morgan fingerprint density at radius 1 is 1.43 bits per heavy atom. The predicted octanol–water partition coefficient (Wildman–Crippen LogP) is 2.13. The Bertz CT molecular complexity index is 439. The van der Waals surface area contributed by atoms with Gasteiger partial charge in [0.15, 0.2) is 11.6 Å². The molecule has 0 radical (unpaired) electrons. The van der Waals surface area contributed by atoms with Gasteiger partial charge in [-0.25, -0.2) is 4.39 Å². The summed E-state index contributed by atoms with van der Waals surface area (Å²) >= 11 is 0. The fourth-order valence-electron chi connectivity index (χ4n) is 2.28. The van der Waals surface area contributed by atoms with Crippen molar-refractivity contribution in [1.82, 2.24) is 10.6 Å². The summed E-state index contributed by atoms with van der Waals surface area (Å²) in [6.45, 7) is 3.02. The van der Waals surface area contributed by atoms with E-state index in [1.165, 1.54) is 12.5 Å². The molecule has 1 aromatic carbocycles. The van der Waals surface area contributed by atoms with Crippen molar-refractivity contribution in [2.45, 2.75) is 19.3 Å². The van der Waals surface area contributed by atoms with Crippen LogP contribution in [0.2, 0.25) is 0 Å². The fraction of sp³-hybridized carbons (Fsp3) is 0.533. The maximum atomic E-state index is 13.3. The lowest BCUT2D eigenvalue weighted by atomic mass is 10.1. The lowest BCUT2D eigenvalue weighted by Gasteiger charge is -2.10. The van der Waals surface area contributed by atoms with Crippen LogP contribution in [0.3, 0.4) is 0 Å². The van der Waals surface area contributed by atoms with E-state index in [4.69, 9.17) is 4.74 Å². The quantitative estimate of drug-likeness (QED) is 0.810. The molecule has 1 aromatic rings. The van der Waals surface area contributed by atoms with Crippen molar-refractivity contribution < 1.29 is 13.9 Å². The van der Waals surface area contributed by atoms with Gasteiger partial charge in [0.1, 0.15) is 0 Å². The summed E-state index contributed by atoms with van der Waals surface area (Å²) in [4.78, 5) is 11.6. The van der Waals surface area contributed by atoms with Crippen molar-refractivity contribution in [2.24, 2.45) is 5.92 Å². The molecule has 118 valence electrons. The molecular weight excluding hydrogens is 295 g/mol. The van der Waals surface area contributed by atoms with Crippen molar-refractivity contribution in [3.8, 4) is 5.75 Å². The Morgan fingerprint density at radius 3 is 2.95 bits per heavy atom. The third-order valence-corrected chi connectivity index (χ3v) is 3.46. The van der Waals surface area contributed by atoms with Crippen molar-refractivity contribution in [2.75, 3.05) is 26.2 Å². The number of carbonyl (C=O) groups excluding carboxylic acids is 1. The van der Waals surface area contributed by atoms with Crippen LogP contribution in [-0.4, -0.2) is 32.1 Å². The van der Waals surface area contributed by atoms with Crippen molar-refractivity contribution in [3.05, 3.63) is 30.1 Å². The normalized spacial score (nSPS) is 17.1. The molecule has 4 nitrogen and oxygen atoms in total. The number of nitrogens with one attached hydrogen (secondary N) is 2. The van der Waals surface area contributed by atoms with Gasteiger partial charge in [-0.3, -0.25) is 4.79 Å². The number of benzene rings is 1. The third kappa shape index (κ3) is 6.31. The van der Waals surface area contributed by atoms with E-state index in [1.807, 2.05) is 0 Å². The van der Waals surface area contributed by atoms with Crippen LogP contribution in [0.5, 0.6) is 5.75 Å². The Labute approximate surface area is 130 Å². The van der Waals surface area contributed by atoms with Gasteiger partial charge in [0.25, 0.3) is 0 Å². The number of carbonyl (C=O) groups is 1. The molecule has 1 atom stereocenters. The Hall–Kier alpha value is -1.33. The molecule has 1 amide bonds. The zero-order valence-electron chi connectivity index (χ0n) is 11.9. The first-order valence-electron chi connectivity index (χ1n) is 7.10. The minimum atomic E-state index is -0.401. The zero-order valence-corrected chi connectivity index (χ0v) is 12.8. The molecular formula is C15H22ClFN2O2. The van der Waals surface area contributed by atoms with Gasteiger partial charge in [0.2, 0.25) is 5.91 Å². The summed E-state index contributed by atoms with van der Waals surface area (Å²) in [5.41, 5.74) is 0. The van der Waals surface area contributed by atoms with Gasteiger partial charge in [0.05, 0.1) is 13.0 Å². The highest BCUT2D eigenvalue weighted by Gasteiger charge is 2.14. The number of para-hydroxylation sites is 1. The van der Waals surface area contributed by atoms with Crippen LogP contribution in [-0.2, 0) is 4.79 Å². The largest absolute Gasteiger partial charge is 0.490 e. The summed E-state index contributed by atoms with van der Waals surface area (Å²) in [6, 6.07) is 6.20. The van der Waals surface area contributed by atoms with E-state index in [0.29, 0.717) is 12.5 Å². The second-order valence-corrected chi connectivity index (χ2v) is 5.03. The Kier molecular flexibility index (Phi) is 8.08. The van der Waals surface area contributed by atoms with Crippen LogP contribution in [0, 0.1) is 11.7 Å². The number of hydrogen-bond acceptors (Lipinski definition) is 3. The Balaban J connectivity index is 0.00000220. The number of hydrogen-bond donors (Lipinski definition) is 2. The minimum Gasteiger partial charge on any atom is -0.490 e. The highest BCUT2D eigenvalue weighted by Crippen LogP contribution is 2.15. The number of ether oxygens (including phenoxy) is 1. The topological polar surface area (TPSA) is 50.4 Å². The van der Waals surface area contributed by atoms with Crippen LogP contribution in [0.15, 0.2) is 24.3 Å². The minimum absolute atomic E-state index is 0. The third-order valence-electron chi connectivity index (χ3n) is 3.46. The van der Waals surface area contributed by atoms with Gasteiger partial charge in [-0.1, -0.05) is 12.1 Å². The molecule has 1 unspecified atom stereocenters. The van der Waals surface area contributed by atoms with E-state index in [-0.39, 0.29) is 37.1 Å². The molecule has 0 aromatic heterocycles. The predicted molar refractivity (Wildman–Crippen MR) is 82.4 cm³/mol. The van der Waals surface area contributed by atoms with E-state index in [9.17, 15) is 9.18 Å². The number of halogens is 2. The van der Waals surface area contributed by atoms with E-state index in [2.05, 4.69) is 10.6 Å². The fourth-order valence-corrected chi connectivity index (χ4v) is 2.28. The molecule has 1 saturated heterocycles. The molecule has 0 spiro atoms. The van der Waals surface area contributed by atoms with E-state index in [1.54, 1.807) is 18.2 Å².